The van der Waals surface area contributed by atoms with Crippen molar-refractivity contribution in [2.45, 2.75) is 25.8 Å². The van der Waals surface area contributed by atoms with E-state index >= 15 is 0 Å². The largest absolute Gasteiger partial charge is 0.311 e. The molecule has 1 aromatic rings. The van der Waals surface area contributed by atoms with Crippen molar-refractivity contribution in [2.24, 2.45) is 18.9 Å². The van der Waals surface area contributed by atoms with Crippen LogP contribution in [0.15, 0.2) is 10.7 Å². The van der Waals surface area contributed by atoms with Gasteiger partial charge in [-0.2, -0.15) is 5.10 Å². The Kier molecular flexibility index (Phi) is 3.16. The summed E-state index contributed by atoms with van der Waals surface area (Å²) in [5.41, 5.74) is 1.26. The van der Waals surface area contributed by atoms with Gasteiger partial charge >= 0.3 is 0 Å². The van der Waals surface area contributed by atoms with E-state index in [1.54, 1.807) is 0 Å². The van der Waals surface area contributed by atoms with E-state index in [4.69, 9.17) is 0 Å². The van der Waals surface area contributed by atoms with Gasteiger partial charge in [0.2, 0.25) is 0 Å². The summed E-state index contributed by atoms with van der Waals surface area (Å²) >= 11 is 3.57. The topological polar surface area (TPSA) is 29.9 Å². The molecule has 1 heterocycles. The van der Waals surface area contributed by atoms with Crippen LogP contribution in [0, 0.1) is 11.8 Å². The maximum Gasteiger partial charge on any atom is 0.0695 e. The Hall–Kier alpha value is -0.350. The van der Waals surface area contributed by atoms with Gasteiger partial charge < -0.3 is 5.32 Å². The van der Waals surface area contributed by atoms with E-state index < -0.39 is 0 Å². The average Bonchev–Trinajstić information content (AvgIpc) is 3.00. The van der Waals surface area contributed by atoms with Crippen LogP contribution in [0.25, 0.3) is 0 Å². The van der Waals surface area contributed by atoms with Gasteiger partial charge in [-0.25, -0.2) is 0 Å². The first-order chi connectivity index (χ1) is 7.15. The molecule has 1 aliphatic rings. The summed E-state index contributed by atoms with van der Waals surface area (Å²) < 4.78 is 3.07. The maximum atomic E-state index is 4.28. The molecular weight excluding hydrogens is 254 g/mol. The molecule has 1 N–H and O–H groups in total. The van der Waals surface area contributed by atoms with Crippen LogP contribution in [-0.4, -0.2) is 16.8 Å². The second-order valence-corrected chi connectivity index (χ2v) is 5.32. The molecule has 2 atom stereocenters. The van der Waals surface area contributed by atoms with Gasteiger partial charge in [0.25, 0.3) is 0 Å². The Morgan fingerprint density at radius 3 is 2.67 bits per heavy atom. The second-order valence-electron chi connectivity index (χ2n) is 4.46. The lowest BCUT2D eigenvalue weighted by Crippen LogP contribution is -2.27. The molecule has 1 aromatic heterocycles. The standard InChI is InChI=1S/C11H18BrN3/c1-7(8-4-5-8)10(13-2)11-9(12)6-14-15(11)3/h6-8,10,13H,4-5H2,1-3H3. The van der Waals surface area contributed by atoms with Gasteiger partial charge in [0.05, 0.1) is 22.4 Å². The summed E-state index contributed by atoms with van der Waals surface area (Å²) in [6.07, 6.45) is 4.64. The highest BCUT2D eigenvalue weighted by Crippen LogP contribution is 2.43. The predicted octanol–water partition coefficient (Wildman–Crippen LogP) is 2.49. The first kappa shape index (κ1) is 11.1. The smallest absolute Gasteiger partial charge is 0.0695 e. The van der Waals surface area contributed by atoms with E-state index in [1.807, 2.05) is 25.0 Å². The first-order valence-electron chi connectivity index (χ1n) is 5.49. The van der Waals surface area contributed by atoms with E-state index in [9.17, 15) is 0 Å². The lowest BCUT2D eigenvalue weighted by atomic mass is 9.94. The molecule has 0 aromatic carbocycles. The minimum absolute atomic E-state index is 0.402. The van der Waals surface area contributed by atoms with Gasteiger partial charge in [0.15, 0.2) is 0 Å². The van der Waals surface area contributed by atoms with Crippen molar-refractivity contribution in [3.05, 3.63) is 16.4 Å². The summed E-state index contributed by atoms with van der Waals surface area (Å²) in [5, 5.41) is 7.69. The lowest BCUT2D eigenvalue weighted by molar-refractivity contribution is 0.351. The molecule has 0 amide bonds. The van der Waals surface area contributed by atoms with Crippen molar-refractivity contribution in [2.75, 3.05) is 7.05 Å². The van der Waals surface area contributed by atoms with Gasteiger partial charge in [-0.15, -0.1) is 0 Å². The molecule has 0 saturated heterocycles. The van der Waals surface area contributed by atoms with Gasteiger partial charge in [-0.05, 0) is 47.7 Å². The van der Waals surface area contributed by atoms with Crippen molar-refractivity contribution in [1.82, 2.24) is 15.1 Å². The number of nitrogens with zero attached hydrogens (tertiary/aromatic N) is 2. The number of aryl methyl sites for hydroxylation is 1. The normalized spacial score (nSPS) is 20.3. The molecule has 2 rings (SSSR count). The lowest BCUT2D eigenvalue weighted by Gasteiger charge is -2.24. The molecule has 4 heteroatoms. The molecule has 0 radical (unpaired) electrons. The molecular formula is C11H18BrN3. The van der Waals surface area contributed by atoms with Crippen LogP contribution in [0.4, 0.5) is 0 Å². The van der Waals surface area contributed by atoms with Crippen LogP contribution in [0.3, 0.4) is 0 Å². The van der Waals surface area contributed by atoms with Crippen LogP contribution < -0.4 is 5.32 Å². The Balaban J connectivity index is 2.25. The van der Waals surface area contributed by atoms with Gasteiger partial charge in [-0.3, -0.25) is 4.68 Å². The Labute approximate surface area is 99.4 Å². The predicted molar refractivity (Wildman–Crippen MR) is 64.6 cm³/mol. The van der Waals surface area contributed by atoms with Crippen molar-refractivity contribution in [3.8, 4) is 0 Å². The summed E-state index contributed by atoms with van der Waals surface area (Å²) in [6.45, 7) is 2.33. The number of hydrogen-bond donors (Lipinski definition) is 1. The second kappa shape index (κ2) is 4.26. The summed E-state index contributed by atoms with van der Waals surface area (Å²) in [5.74, 6) is 1.57. The number of halogens is 1. The van der Waals surface area contributed by atoms with Crippen molar-refractivity contribution in [1.29, 1.82) is 0 Å². The highest BCUT2D eigenvalue weighted by molar-refractivity contribution is 9.10. The molecule has 0 spiro atoms. The Morgan fingerprint density at radius 2 is 2.27 bits per heavy atom. The van der Waals surface area contributed by atoms with E-state index in [0.717, 1.165) is 10.4 Å². The van der Waals surface area contributed by atoms with E-state index in [1.165, 1.54) is 18.5 Å². The van der Waals surface area contributed by atoms with E-state index in [0.29, 0.717) is 12.0 Å². The fourth-order valence-corrected chi connectivity index (χ4v) is 2.91. The minimum Gasteiger partial charge on any atom is -0.311 e. The Morgan fingerprint density at radius 1 is 1.60 bits per heavy atom. The fraction of sp³-hybridized carbons (Fsp3) is 0.727. The van der Waals surface area contributed by atoms with Crippen LogP contribution >= 0.6 is 15.9 Å². The zero-order chi connectivity index (χ0) is 11.0. The van der Waals surface area contributed by atoms with Crippen molar-refractivity contribution in [3.63, 3.8) is 0 Å². The van der Waals surface area contributed by atoms with Crippen LogP contribution in [-0.2, 0) is 7.05 Å². The summed E-state index contributed by atoms with van der Waals surface area (Å²) in [6, 6.07) is 0.402. The quantitative estimate of drug-likeness (QED) is 0.912. The highest BCUT2D eigenvalue weighted by atomic mass is 79.9. The third-order valence-electron chi connectivity index (χ3n) is 3.43. The summed E-state index contributed by atoms with van der Waals surface area (Å²) in [4.78, 5) is 0. The van der Waals surface area contributed by atoms with Crippen LogP contribution in [0.5, 0.6) is 0 Å². The maximum absolute atomic E-state index is 4.28. The molecule has 1 aliphatic carbocycles. The summed E-state index contributed by atoms with van der Waals surface area (Å²) in [7, 11) is 4.03. The molecule has 0 aliphatic heterocycles. The zero-order valence-corrected chi connectivity index (χ0v) is 11.1. The minimum atomic E-state index is 0.402. The Bertz CT molecular complexity index is 324. The molecule has 1 fully saturated rings. The number of rotatable bonds is 4. The third kappa shape index (κ3) is 2.11. The highest BCUT2D eigenvalue weighted by Gasteiger charge is 2.35. The molecule has 3 nitrogen and oxygen atoms in total. The number of hydrogen-bond acceptors (Lipinski definition) is 2. The van der Waals surface area contributed by atoms with Gasteiger partial charge in [-0.1, -0.05) is 6.92 Å². The SMILES string of the molecule is CNC(c1c(Br)cnn1C)C(C)C1CC1. The molecule has 0 bridgehead atoms. The monoisotopic (exact) mass is 271 g/mol. The van der Waals surface area contributed by atoms with Crippen molar-refractivity contribution < 1.29 is 0 Å². The molecule has 2 unspecified atom stereocenters. The average molecular weight is 272 g/mol. The van der Waals surface area contributed by atoms with E-state index in [-0.39, 0.29) is 0 Å². The van der Waals surface area contributed by atoms with Crippen LogP contribution in [0.2, 0.25) is 0 Å². The van der Waals surface area contributed by atoms with E-state index in [2.05, 4.69) is 33.3 Å². The third-order valence-corrected chi connectivity index (χ3v) is 4.05. The first-order valence-corrected chi connectivity index (χ1v) is 6.29. The zero-order valence-electron chi connectivity index (χ0n) is 9.50. The van der Waals surface area contributed by atoms with Gasteiger partial charge in [0.1, 0.15) is 0 Å². The van der Waals surface area contributed by atoms with Crippen molar-refractivity contribution >= 4 is 15.9 Å². The number of nitrogens with one attached hydrogen (secondary N) is 1. The molecule has 84 valence electrons. The number of aromatic nitrogens is 2. The molecule has 1 saturated carbocycles. The van der Waals surface area contributed by atoms with Crippen LogP contribution in [0.1, 0.15) is 31.5 Å². The fourth-order valence-electron chi connectivity index (χ4n) is 2.31. The van der Waals surface area contributed by atoms with Gasteiger partial charge in [0, 0.05) is 7.05 Å². The molecule has 15 heavy (non-hydrogen) atoms.